The predicted molar refractivity (Wildman–Crippen MR) is 28.7 cm³/mol. The van der Waals surface area contributed by atoms with Gasteiger partial charge in [0.1, 0.15) is 0 Å². The summed E-state index contributed by atoms with van der Waals surface area (Å²) in [4.78, 5) is 10.1. The van der Waals surface area contributed by atoms with E-state index < -0.39 is 5.91 Å². The van der Waals surface area contributed by atoms with E-state index in [1.807, 2.05) is 0 Å². The summed E-state index contributed by atoms with van der Waals surface area (Å²) in [6.07, 6.45) is 0.591. The average Bonchev–Trinajstić information content (AvgIpc) is 1.69. The molecule has 1 amide bonds. The van der Waals surface area contributed by atoms with E-state index in [0.29, 0.717) is 6.42 Å². The van der Waals surface area contributed by atoms with Crippen LogP contribution in [0.5, 0.6) is 0 Å². The Kier molecular flexibility index (Phi) is 2.84. The minimum absolute atomic E-state index is 0.0324. The molecule has 0 heterocycles. The predicted octanol–water partition coefficient (Wildman–Crippen LogP) is 0.735. The van der Waals surface area contributed by atoms with Gasteiger partial charge >= 0.3 is 0 Å². The van der Waals surface area contributed by atoms with Gasteiger partial charge in [0.25, 0.3) is 0 Å². The molecule has 0 rings (SSSR count). The van der Waals surface area contributed by atoms with Crippen LogP contribution in [-0.4, -0.2) is 5.91 Å². The largest absolute Gasteiger partial charge is 0.366 e. The molecule has 0 radical (unpaired) electrons. The summed E-state index contributed by atoms with van der Waals surface area (Å²) in [6, 6.07) is 0. The Labute approximate surface area is 47.2 Å². The van der Waals surface area contributed by atoms with Gasteiger partial charge in [-0.25, -0.2) is 4.39 Å². The minimum atomic E-state index is -0.685. The van der Waals surface area contributed by atoms with Gasteiger partial charge in [-0.05, 0) is 6.42 Å². The van der Waals surface area contributed by atoms with Crippen LogP contribution in [0.3, 0.4) is 0 Å². The third kappa shape index (κ3) is 1.73. The molecule has 3 heteroatoms. The Bertz CT molecular complexity index is 120. The van der Waals surface area contributed by atoms with Gasteiger partial charge in [-0.3, -0.25) is 4.79 Å². The SMILES string of the molecule is CC/C(=C\F)C(N)=O. The molecule has 0 atom stereocenters. The highest BCUT2D eigenvalue weighted by atomic mass is 19.1. The van der Waals surface area contributed by atoms with Crippen molar-refractivity contribution in [1.29, 1.82) is 0 Å². The van der Waals surface area contributed by atoms with Gasteiger partial charge in [0.15, 0.2) is 0 Å². The van der Waals surface area contributed by atoms with Gasteiger partial charge in [0.2, 0.25) is 5.91 Å². The van der Waals surface area contributed by atoms with Crippen LogP contribution in [0.4, 0.5) is 4.39 Å². The highest BCUT2D eigenvalue weighted by Gasteiger charge is 1.98. The maximum atomic E-state index is 11.4. The van der Waals surface area contributed by atoms with E-state index in [9.17, 15) is 9.18 Å². The van der Waals surface area contributed by atoms with Crippen LogP contribution in [0.1, 0.15) is 13.3 Å². The summed E-state index contributed by atoms with van der Waals surface area (Å²) in [5.74, 6) is -0.685. The molecule has 0 aliphatic heterocycles. The molecule has 0 aromatic heterocycles. The molecular weight excluding hydrogens is 109 g/mol. The fourth-order valence-electron chi connectivity index (χ4n) is 0.305. The second-order valence-corrected chi connectivity index (χ2v) is 1.35. The van der Waals surface area contributed by atoms with Crippen molar-refractivity contribution in [2.45, 2.75) is 13.3 Å². The van der Waals surface area contributed by atoms with Crippen molar-refractivity contribution in [1.82, 2.24) is 0 Å². The number of halogens is 1. The van der Waals surface area contributed by atoms with Gasteiger partial charge < -0.3 is 5.73 Å². The second kappa shape index (κ2) is 3.18. The smallest absolute Gasteiger partial charge is 0.246 e. The molecule has 0 aromatic carbocycles. The van der Waals surface area contributed by atoms with Crippen LogP contribution in [0.25, 0.3) is 0 Å². The fourth-order valence-corrected chi connectivity index (χ4v) is 0.305. The first-order valence-corrected chi connectivity index (χ1v) is 2.31. The van der Waals surface area contributed by atoms with E-state index in [4.69, 9.17) is 5.73 Å². The van der Waals surface area contributed by atoms with Gasteiger partial charge in [0, 0.05) is 5.57 Å². The highest BCUT2D eigenvalue weighted by Crippen LogP contribution is 1.97. The van der Waals surface area contributed by atoms with Crippen LogP contribution in [0.2, 0.25) is 0 Å². The summed E-state index contributed by atoms with van der Waals surface area (Å²) in [7, 11) is 0. The van der Waals surface area contributed by atoms with Crippen molar-refractivity contribution in [3.63, 3.8) is 0 Å². The molecule has 46 valence electrons. The summed E-state index contributed by atoms with van der Waals surface area (Å²) < 4.78 is 11.4. The minimum Gasteiger partial charge on any atom is -0.366 e. The first kappa shape index (κ1) is 7.14. The zero-order valence-electron chi connectivity index (χ0n) is 4.65. The number of carbonyl (C=O) groups excluding carboxylic acids is 1. The van der Waals surface area contributed by atoms with E-state index in [2.05, 4.69) is 0 Å². The molecule has 0 bridgehead atoms. The van der Waals surface area contributed by atoms with E-state index in [1.54, 1.807) is 6.92 Å². The first-order chi connectivity index (χ1) is 3.72. The third-order valence-electron chi connectivity index (χ3n) is 0.829. The second-order valence-electron chi connectivity index (χ2n) is 1.35. The van der Waals surface area contributed by atoms with Crippen molar-refractivity contribution in [3.8, 4) is 0 Å². The monoisotopic (exact) mass is 117 g/mol. The molecule has 8 heavy (non-hydrogen) atoms. The topological polar surface area (TPSA) is 43.1 Å². The van der Waals surface area contributed by atoms with Crippen molar-refractivity contribution in [3.05, 3.63) is 11.9 Å². The quantitative estimate of drug-likeness (QED) is 0.532. The number of primary amides is 1. The molecule has 0 aromatic rings. The Morgan fingerprint density at radius 1 is 1.88 bits per heavy atom. The van der Waals surface area contributed by atoms with Crippen molar-refractivity contribution >= 4 is 5.91 Å². The number of carbonyl (C=O) groups is 1. The van der Waals surface area contributed by atoms with Gasteiger partial charge in [-0.1, -0.05) is 6.92 Å². The van der Waals surface area contributed by atoms with E-state index >= 15 is 0 Å². The van der Waals surface area contributed by atoms with Crippen molar-refractivity contribution in [2.24, 2.45) is 5.73 Å². The number of rotatable bonds is 2. The first-order valence-electron chi connectivity index (χ1n) is 2.31. The number of amides is 1. The molecule has 0 fully saturated rings. The maximum Gasteiger partial charge on any atom is 0.246 e. The van der Waals surface area contributed by atoms with E-state index in [0.717, 1.165) is 0 Å². The zero-order valence-corrected chi connectivity index (χ0v) is 4.65. The molecule has 0 aliphatic carbocycles. The maximum absolute atomic E-state index is 11.4. The van der Waals surface area contributed by atoms with Gasteiger partial charge in [0.05, 0.1) is 6.33 Å². The molecule has 0 unspecified atom stereocenters. The van der Waals surface area contributed by atoms with Gasteiger partial charge in [-0.15, -0.1) is 0 Å². The average molecular weight is 117 g/mol. The molecular formula is C5H8FNO. The van der Waals surface area contributed by atoms with Crippen molar-refractivity contribution < 1.29 is 9.18 Å². The molecule has 2 N–H and O–H groups in total. The summed E-state index contributed by atoms with van der Waals surface area (Å²) in [5.41, 5.74) is 4.74. The lowest BCUT2D eigenvalue weighted by atomic mass is 10.2. The molecule has 0 spiro atoms. The fraction of sp³-hybridized carbons (Fsp3) is 0.400. The summed E-state index contributed by atoms with van der Waals surface area (Å²) >= 11 is 0. The molecule has 0 saturated heterocycles. The van der Waals surface area contributed by atoms with E-state index in [1.165, 1.54) is 0 Å². The molecule has 0 aliphatic rings. The number of hydrogen-bond donors (Lipinski definition) is 1. The Morgan fingerprint density at radius 2 is 2.38 bits per heavy atom. The van der Waals surface area contributed by atoms with Gasteiger partial charge in [-0.2, -0.15) is 0 Å². The lowest BCUT2D eigenvalue weighted by Crippen LogP contribution is -2.12. The van der Waals surface area contributed by atoms with Crippen LogP contribution in [0, 0.1) is 0 Å². The molecule has 2 nitrogen and oxygen atoms in total. The van der Waals surface area contributed by atoms with Crippen LogP contribution in [0.15, 0.2) is 11.9 Å². The standard InChI is InChI=1S/C5H8FNO/c1-2-4(3-6)5(7)8/h3H,2H2,1H3,(H2,7,8)/b4-3+. The highest BCUT2D eigenvalue weighted by molar-refractivity contribution is 5.91. The Hall–Kier alpha value is -0.860. The van der Waals surface area contributed by atoms with E-state index in [-0.39, 0.29) is 11.9 Å². The van der Waals surface area contributed by atoms with Crippen molar-refractivity contribution in [2.75, 3.05) is 0 Å². The van der Waals surface area contributed by atoms with Crippen LogP contribution in [-0.2, 0) is 4.79 Å². The van der Waals surface area contributed by atoms with Crippen LogP contribution >= 0.6 is 0 Å². The normalized spacial score (nSPS) is 11.5. The zero-order chi connectivity index (χ0) is 6.57. The molecule has 0 saturated carbocycles. The number of nitrogens with two attached hydrogens (primary N) is 1. The Morgan fingerprint density at radius 3 is 2.38 bits per heavy atom. The lowest BCUT2D eigenvalue weighted by Gasteiger charge is -1.90. The summed E-state index contributed by atoms with van der Waals surface area (Å²) in [6.45, 7) is 1.66. The summed E-state index contributed by atoms with van der Waals surface area (Å²) in [5, 5.41) is 0. The Balaban J connectivity index is 3.92. The van der Waals surface area contributed by atoms with Crippen LogP contribution < -0.4 is 5.73 Å². The lowest BCUT2D eigenvalue weighted by molar-refractivity contribution is -0.114. The third-order valence-corrected chi connectivity index (χ3v) is 0.829. The number of hydrogen-bond acceptors (Lipinski definition) is 1.